The molecule has 0 atom stereocenters. The molecule has 0 spiro atoms. The van der Waals surface area contributed by atoms with Crippen LogP contribution in [-0.2, 0) is 4.79 Å². The monoisotopic (exact) mass is 529 g/mol. The largest absolute Gasteiger partial charge is 0.369 e. The van der Waals surface area contributed by atoms with Gasteiger partial charge >= 0.3 is 0 Å². The molecule has 1 amide bonds. The summed E-state index contributed by atoms with van der Waals surface area (Å²) in [5.41, 5.74) is 6.10. The van der Waals surface area contributed by atoms with E-state index in [0.29, 0.717) is 4.91 Å². The van der Waals surface area contributed by atoms with Crippen LogP contribution in [0.15, 0.2) is 46.4 Å². The Morgan fingerprint density at radius 3 is 2.55 bits per heavy atom. The number of benzene rings is 1. The second-order valence-corrected chi connectivity index (χ2v) is 11.4. The van der Waals surface area contributed by atoms with Crippen molar-refractivity contribution in [2.45, 2.75) is 39.5 Å². The highest BCUT2D eigenvalue weighted by Gasteiger charge is 2.27. The first kappa shape index (κ1) is 25.1. The first-order valence-corrected chi connectivity index (χ1v) is 14.6. The van der Waals surface area contributed by atoms with Gasteiger partial charge in [0, 0.05) is 50.5 Å². The SMILES string of the molecule is CCCN1CCN(c2ccc(-c3cnc4ccc(/C=C5\SC(N6CCCCC6)=NC5=O)nn34)cc2C)CC1. The number of anilines is 1. The van der Waals surface area contributed by atoms with E-state index < -0.39 is 0 Å². The molecule has 6 rings (SSSR count). The highest BCUT2D eigenvalue weighted by molar-refractivity contribution is 8.18. The van der Waals surface area contributed by atoms with Crippen LogP contribution in [0.5, 0.6) is 0 Å². The number of nitrogens with zero attached hydrogens (tertiary/aromatic N) is 7. The van der Waals surface area contributed by atoms with Gasteiger partial charge in [-0.2, -0.15) is 10.1 Å². The summed E-state index contributed by atoms with van der Waals surface area (Å²) in [4.78, 5) is 29.4. The molecule has 0 aliphatic carbocycles. The first-order valence-electron chi connectivity index (χ1n) is 13.8. The highest BCUT2D eigenvalue weighted by Crippen LogP contribution is 2.32. The van der Waals surface area contributed by atoms with Gasteiger partial charge in [0.25, 0.3) is 5.91 Å². The Balaban J connectivity index is 1.22. The van der Waals surface area contributed by atoms with E-state index in [1.165, 1.54) is 42.4 Å². The quantitative estimate of drug-likeness (QED) is 0.444. The summed E-state index contributed by atoms with van der Waals surface area (Å²) < 4.78 is 1.88. The second kappa shape index (κ2) is 10.9. The van der Waals surface area contributed by atoms with Crippen LogP contribution < -0.4 is 4.90 Å². The summed E-state index contributed by atoms with van der Waals surface area (Å²) >= 11 is 1.46. The topological polar surface area (TPSA) is 69.3 Å². The molecule has 0 bridgehead atoms. The molecule has 0 radical (unpaired) electrons. The first-order chi connectivity index (χ1) is 18.6. The number of hydrogen-bond donors (Lipinski definition) is 0. The lowest BCUT2D eigenvalue weighted by molar-refractivity contribution is -0.113. The van der Waals surface area contributed by atoms with Gasteiger partial charge in [-0.05, 0) is 86.8 Å². The van der Waals surface area contributed by atoms with Crippen molar-refractivity contribution in [3.63, 3.8) is 0 Å². The Kier molecular flexibility index (Phi) is 7.21. The summed E-state index contributed by atoms with van der Waals surface area (Å²) in [6.07, 6.45) is 8.51. The number of piperazine rings is 1. The van der Waals surface area contributed by atoms with Gasteiger partial charge in [0.05, 0.1) is 22.5 Å². The van der Waals surface area contributed by atoms with E-state index in [1.807, 2.05) is 28.9 Å². The number of piperidine rings is 1. The molecule has 8 nitrogen and oxygen atoms in total. The second-order valence-electron chi connectivity index (χ2n) is 10.4. The van der Waals surface area contributed by atoms with E-state index >= 15 is 0 Å². The zero-order valence-electron chi connectivity index (χ0n) is 22.3. The molecule has 0 unspecified atom stereocenters. The average molecular weight is 530 g/mol. The van der Waals surface area contributed by atoms with E-state index in [-0.39, 0.29) is 5.91 Å². The maximum atomic E-state index is 12.6. The molecular formula is C29H35N7OS. The average Bonchev–Trinajstić information content (AvgIpc) is 3.53. The van der Waals surface area contributed by atoms with Gasteiger partial charge in [0.1, 0.15) is 0 Å². The number of amides is 1. The molecule has 9 heteroatoms. The predicted molar refractivity (Wildman–Crippen MR) is 156 cm³/mol. The number of aromatic nitrogens is 3. The third-order valence-corrected chi connectivity index (χ3v) is 8.69. The number of amidine groups is 1. The predicted octanol–water partition coefficient (Wildman–Crippen LogP) is 4.69. The van der Waals surface area contributed by atoms with Gasteiger partial charge < -0.3 is 9.80 Å². The van der Waals surface area contributed by atoms with Gasteiger partial charge in [-0.25, -0.2) is 9.50 Å². The van der Waals surface area contributed by atoms with Gasteiger partial charge in [0.2, 0.25) is 0 Å². The van der Waals surface area contributed by atoms with Crippen LogP contribution in [0.3, 0.4) is 0 Å². The molecule has 5 heterocycles. The molecular weight excluding hydrogens is 494 g/mol. The Morgan fingerprint density at radius 1 is 0.974 bits per heavy atom. The van der Waals surface area contributed by atoms with Crippen molar-refractivity contribution in [1.82, 2.24) is 24.4 Å². The lowest BCUT2D eigenvalue weighted by Crippen LogP contribution is -2.46. The van der Waals surface area contributed by atoms with Crippen molar-refractivity contribution in [3.8, 4) is 11.3 Å². The molecule has 198 valence electrons. The third-order valence-electron chi connectivity index (χ3n) is 7.64. The van der Waals surface area contributed by atoms with E-state index in [4.69, 9.17) is 5.10 Å². The maximum absolute atomic E-state index is 12.6. The van der Waals surface area contributed by atoms with Crippen LogP contribution in [0, 0.1) is 6.92 Å². The summed E-state index contributed by atoms with van der Waals surface area (Å²) in [7, 11) is 0. The van der Waals surface area contributed by atoms with Crippen LogP contribution in [-0.4, -0.2) is 81.3 Å². The Hall–Kier alpha value is -3.17. The number of carbonyl (C=O) groups is 1. The van der Waals surface area contributed by atoms with E-state index in [0.717, 1.165) is 79.9 Å². The fourth-order valence-corrected chi connectivity index (χ4v) is 6.56. The molecule has 3 aliphatic heterocycles. The summed E-state index contributed by atoms with van der Waals surface area (Å²) in [5.74, 6) is -0.176. The molecule has 2 saturated heterocycles. The number of rotatable bonds is 5. The summed E-state index contributed by atoms with van der Waals surface area (Å²) in [6, 6.07) is 10.5. The number of hydrogen-bond acceptors (Lipinski definition) is 7. The van der Waals surface area contributed by atoms with Crippen LogP contribution in [0.25, 0.3) is 23.0 Å². The molecule has 2 fully saturated rings. The number of fused-ring (bicyclic) bond motifs is 1. The number of thioether (sulfide) groups is 1. The van der Waals surface area contributed by atoms with Crippen molar-refractivity contribution in [3.05, 3.63) is 52.7 Å². The standard InChI is InChI=1S/C29H35N7OS/c1-3-11-33-14-16-34(17-15-33)24-9-7-22(18-21(24)2)25-20-30-27-10-8-23(32-36(25)27)19-26-28(37)31-29(38-26)35-12-5-4-6-13-35/h7-10,18-20H,3-6,11-17H2,1-2H3/b26-19-. The van der Waals surface area contributed by atoms with E-state index in [9.17, 15) is 4.79 Å². The number of aliphatic imine (C=N–C) groups is 1. The number of carbonyl (C=O) groups excluding carboxylic acids is 1. The molecule has 3 aromatic rings. The normalized spacial score (nSPS) is 20.1. The number of likely N-dealkylation sites (tertiary alicyclic amines) is 1. The van der Waals surface area contributed by atoms with Crippen LogP contribution >= 0.6 is 11.8 Å². The van der Waals surface area contributed by atoms with Gasteiger partial charge in [-0.3, -0.25) is 9.69 Å². The van der Waals surface area contributed by atoms with E-state index in [2.05, 4.69) is 56.7 Å². The lowest BCUT2D eigenvalue weighted by atomic mass is 10.1. The minimum atomic E-state index is -0.176. The van der Waals surface area contributed by atoms with Crippen molar-refractivity contribution in [1.29, 1.82) is 0 Å². The minimum absolute atomic E-state index is 0.176. The van der Waals surface area contributed by atoms with Crippen molar-refractivity contribution in [2.75, 3.05) is 50.7 Å². The van der Waals surface area contributed by atoms with Crippen LogP contribution in [0.4, 0.5) is 5.69 Å². The highest BCUT2D eigenvalue weighted by atomic mass is 32.2. The molecule has 38 heavy (non-hydrogen) atoms. The smallest absolute Gasteiger partial charge is 0.286 e. The van der Waals surface area contributed by atoms with Gasteiger partial charge in [-0.15, -0.1) is 0 Å². The van der Waals surface area contributed by atoms with Crippen molar-refractivity contribution in [2.24, 2.45) is 4.99 Å². The zero-order chi connectivity index (χ0) is 26.1. The Bertz CT molecular complexity index is 1400. The number of aryl methyl sites for hydroxylation is 1. The van der Waals surface area contributed by atoms with Crippen molar-refractivity contribution >= 4 is 40.2 Å². The molecule has 1 aromatic carbocycles. The lowest BCUT2D eigenvalue weighted by Gasteiger charge is -2.36. The molecule has 0 saturated carbocycles. The van der Waals surface area contributed by atoms with Crippen LogP contribution in [0.2, 0.25) is 0 Å². The Labute approximate surface area is 228 Å². The van der Waals surface area contributed by atoms with Gasteiger partial charge in [0.15, 0.2) is 10.8 Å². The number of imidazole rings is 1. The molecule has 0 N–H and O–H groups in total. The Morgan fingerprint density at radius 2 is 1.79 bits per heavy atom. The van der Waals surface area contributed by atoms with Crippen LogP contribution in [0.1, 0.15) is 43.9 Å². The molecule has 3 aliphatic rings. The van der Waals surface area contributed by atoms with E-state index in [1.54, 1.807) is 0 Å². The summed E-state index contributed by atoms with van der Waals surface area (Å²) in [6.45, 7) is 11.9. The fourth-order valence-electron chi connectivity index (χ4n) is 5.61. The third kappa shape index (κ3) is 5.09. The van der Waals surface area contributed by atoms with Crippen molar-refractivity contribution < 1.29 is 4.79 Å². The maximum Gasteiger partial charge on any atom is 0.286 e. The molecule has 2 aromatic heterocycles. The zero-order valence-corrected chi connectivity index (χ0v) is 23.1. The fraction of sp³-hybridized carbons (Fsp3) is 0.448. The minimum Gasteiger partial charge on any atom is -0.369 e. The summed E-state index contributed by atoms with van der Waals surface area (Å²) in [5, 5.41) is 5.67. The van der Waals surface area contributed by atoms with Gasteiger partial charge in [-0.1, -0.05) is 13.0 Å².